The highest BCUT2D eigenvalue weighted by atomic mass is 19.4. The lowest BCUT2D eigenvalue weighted by molar-refractivity contribution is -0.324. The van der Waals surface area contributed by atoms with Crippen molar-refractivity contribution in [2.45, 2.75) is 25.1 Å². The van der Waals surface area contributed by atoms with Crippen LogP contribution in [0.2, 0.25) is 0 Å². The summed E-state index contributed by atoms with van der Waals surface area (Å²) in [6.07, 6.45) is -15.0. The molecule has 1 aromatic carbocycles. The average Bonchev–Trinajstić information content (AvgIpc) is 2.35. The molecule has 0 saturated heterocycles. The van der Waals surface area contributed by atoms with Gasteiger partial charge in [-0.1, -0.05) is 6.07 Å². The van der Waals surface area contributed by atoms with E-state index in [1.165, 1.54) is 19.2 Å². The van der Waals surface area contributed by atoms with Crippen molar-refractivity contribution in [1.82, 2.24) is 0 Å². The molecule has 0 saturated carbocycles. The number of rotatable bonds is 4. The van der Waals surface area contributed by atoms with Crippen LogP contribution >= 0.6 is 0 Å². The highest BCUT2D eigenvalue weighted by Crippen LogP contribution is 2.36. The molecule has 9 heteroatoms. The molecule has 0 atom stereocenters. The van der Waals surface area contributed by atoms with Gasteiger partial charge in [-0.15, -0.1) is 0 Å². The van der Waals surface area contributed by atoms with E-state index < -0.39 is 25.1 Å². The molecule has 0 heterocycles. The number of methoxy groups -OCH3 is 1. The number of nitrogens with zero attached hydrogens (tertiary/aromatic N) is 1. The number of benzene rings is 1. The predicted molar refractivity (Wildman–Crippen MR) is 58.4 cm³/mol. The van der Waals surface area contributed by atoms with Crippen LogP contribution in [0, 0.1) is 11.3 Å². The van der Waals surface area contributed by atoms with Gasteiger partial charge in [0.2, 0.25) is 6.10 Å². The van der Waals surface area contributed by atoms with Gasteiger partial charge in [0, 0.05) is 0 Å². The van der Waals surface area contributed by atoms with Crippen molar-refractivity contribution in [3.8, 4) is 11.8 Å². The smallest absolute Gasteiger partial charge is 0.423 e. The van der Waals surface area contributed by atoms with Gasteiger partial charge in [-0.3, -0.25) is 0 Å². The molecule has 0 aliphatic carbocycles. The summed E-state index contributed by atoms with van der Waals surface area (Å²) in [6, 6.07) is 5.30. The molecule has 0 aliphatic heterocycles. The molecule has 0 bridgehead atoms. The maximum absolute atomic E-state index is 12.3. The average molecular weight is 313 g/mol. The van der Waals surface area contributed by atoms with Gasteiger partial charge < -0.3 is 9.47 Å². The molecule has 0 unspecified atom stereocenters. The van der Waals surface area contributed by atoms with E-state index in [0.717, 1.165) is 6.07 Å². The molecule has 21 heavy (non-hydrogen) atoms. The summed E-state index contributed by atoms with van der Waals surface area (Å²) in [5, 5.41) is 8.71. The normalized spacial score (nSPS) is 12.3. The minimum absolute atomic E-state index is 0.0179. The maximum Gasteiger partial charge on any atom is 0.423 e. The largest absolute Gasteiger partial charge is 0.495 e. The third-order valence-electron chi connectivity index (χ3n) is 2.40. The third kappa shape index (κ3) is 4.53. The first-order valence-electron chi connectivity index (χ1n) is 5.41. The van der Waals surface area contributed by atoms with Crippen LogP contribution in [0.1, 0.15) is 11.1 Å². The van der Waals surface area contributed by atoms with Gasteiger partial charge in [0.1, 0.15) is 11.8 Å². The molecule has 0 fully saturated rings. The van der Waals surface area contributed by atoms with Crippen molar-refractivity contribution in [3.05, 3.63) is 29.3 Å². The van der Waals surface area contributed by atoms with Crippen molar-refractivity contribution in [2.24, 2.45) is 0 Å². The summed E-state index contributed by atoms with van der Waals surface area (Å²) in [4.78, 5) is 0. The molecule has 0 N–H and O–H groups in total. The lowest BCUT2D eigenvalue weighted by atomic mass is 10.1. The number of hydrogen-bond acceptors (Lipinski definition) is 3. The molecule has 1 aromatic rings. The van der Waals surface area contributed by atoms with E-state index in [1.807, 2.05) is 0 Å². The Balaban J connectivity index is 2.89. The van der Waals surface area contributed by atoms with E-state index in [9.17, 15) is 26.3 Å². The Bertz CT molecular complexity index is 518. The van der Waals surface area contributed by atoms with Crippen molar-refractivity contribution >= 4 is 0 Å². The van der Waals surface area contributed by atoms with Gasteiger partial charge in [-0.05, 0) is 17.7 Å². The number of hydrogen-bond donors (Lipinski definition) is 0. The Kier molecular flexibility index (Phi) is 5.06. The monoisotopic (exact) mass is 313 g/mol. The van der Waals surface area contributed by atoms with Crippen LogP contribution in [0.4, 0.5) is 26.3 Å². The number of alkyl halides is 6. The minimum Gasteiger partial charge on any atom is -0.495 e. The summed E-state index contributed by atoms with van der Waals surface area (Å²) >= 11 is 0. The van der Waals surface area contributed by atoms with Crippen LogP contribution in [0.3, 0.4) is 0 Å². The molecule has 0 aliphatic rings. The van der Waals surface area contributed by atoms with Crippen molar-refractivity contribution in [1.29, 1.82) is 5.26 Å². The van der Waals surface area contributed by atoms with Crippen molar-refractivity contribution < 1.29 is 35.8 Å². The van der Waals surface area contributed by atoms with E-state index >= 15 is 0 Å². The molecule has 0 spiro atoms. The van der Waals surface area contributed by atoms with Gasteiger partial charge in [-0.2, -0.15) is 31.6 Å². The van der Waals surface area contributed by atoms with Crippen LogP contribution < -0.4 is 4.74 Å². The second-order valence-corrected chi connectivity index (χ2v) is 3.92. The van der Waals surface area contributed by atoms with Crippen molar-refractivity contribution in [2.75, 3.05) is 7.11 Å². The number of nitriles is 1. The first-order valence-corrected chi connectivity index (χ1v) is 5.41. The summed E-state index contributed by atoms with van der Waals surface area (Å²) in [5.74, 6) is 0.0363. The summed E-state index contributed by atoms with van der Waals surface area (Å²) < 4.78 is 82.4. The van der Waals surface area contributed by atoms with Crippen LogP contribution in [0.15, 0.2) is 18.2 Å². The molecular formula is C12H9F6NO2. The lowest BCUT2D eigenvalue weighted by Gasteiger charge is -2.23. The van der Waals surface area contributed by atoms with E-state index in [0.29, 0.717) is 0 Å². The first kappa shape index (κ1) is 17.1. The fourth-order valence-corrected chi connectivity index (χ4v) is 1.47. The van der Waals surface area contributed by atoms with Crippen molar-refractivity contribution in [3.63, 3.8) is 0 Å². The van der Waals surface area contributed by atoms with E-state index in [4.69, 9.17) is 10.00 Å². The second-order valence-electron chi connectivity index (χ2n) is 3.92. The van der Waals surface area contributed by atoms with Gasteiger partial charge in [0.25, 0.3) is 0 Å². The van der Waals surface area contributed by atoms with Gasteiger partial charge in [0.15, 0.2) is 0 Å². The lowest BCUT2D eigenvalue weighted by Crippen LogP contribution is -2.44. The molecule has 116 valence electrons. The first-order chi connectivity index (χ1) is 9.59. The maximum atomic E-state index is 12.3. The van der Waals surface area contributed by atoms with Crippen LogP contribution in [0.25, 0.3) is 0 Å². The molecular weight excluding hydrogens is 304 g/mol. The molecule has 0 radical (unpaired) electrons. The third-order valence-corrected chi connectivity index (χ3v) is 2.40. The molecule has 3 nitrogen and oxygen atoms in total. The Morgan fingerprint density at radius 2 is 1.71 bits per heavy atom. The zero-order valence-electron chi connectivity index (χ0n) is 10.5. The predicted octanol–water partition coefficient (Wildman–Crippen LogP) is 3.58. The highest BCUT2D eigenvalue weighted by molar-refractivity contribution is 5.45. The Labute approximate surface area is 115 Å². The highest BCUT2D eigenvalue weighted by Gasteiger charge is 2.57. The van der Waals surface area contributed by atoms with Crippen LogP contribution in [-0.4, -0.2) is 25.6 Å². The van der Waals surface area contributed by atoms with Gasteiger partial charge >= 0.3 is 12.4 Å². The standard InChI is InChI=1S/C12H9F6NO2/c1-20-9-4-7(2-3-8(9)5-19)6-21-10(11(13,14)15)12(16,17)18/h2-4,10H,6H2,1H3. The Morgan fingerprint density at radius 1 is 1.14 bits per heavy atom. The molecule has 1 rings (SSSR count). The summed E-state index contributed by atoms with van der Waals surface area (Å²) in [6.45, 7) is -0.925. The fourth-order valence-electron chi connectivity index (χ4n) is 1.47. The minimum atomic E-state index is -5.56. The van der Waals surface area contributed by atoms with Crippen LogP contribution in [0.5, 0.6) is 5.75 Å². The number of ether oxygens (including phenoxy) is 2. The number of halogens is 6. The zero-order valence-corrected chi connectivity index (χ0v) is 10.5. The van der Waals surface area contributed by atoms with Gasteiger partial charge in [-0.25, -0.2) is 0 Å². The van der Waals surface area contributed by atoms with E-state index in [-0.39, 0.29) is 16.9 Å². The summed E-state index contributed by atoms with van der Waals surface area (Å²) in [5.41, 5.74) is 0.119. The van der Waals surface area contributed by atoms with Crippen LogP contribution in [-0.2, 0) is 11.3 Å². The topological polar surface area (TPSA) is 42.2 Å². The fraction of sp³-hybridized carbons (Fsp3) is 0.417. The SMILES string of the molecule is COc1cc(COC(C(F)(F)F)C(F)(F)F)ccc1C#N. The van der Waals surface area contributed by atoms with Gasteiger partial charge in [0.05, 0.1) is 19.3 Å². The Morgan fingerprint density at radius 3 is 2.14 bits per heavy atom. The summed E-state index contributed by atoms with van der Waals surface area (Å²) in [7, 11) is 1.22. The quantitative estimate of drug-likeness (QED) is 0.798. The zero-order chi connectivity index (χ0) is 16.3. The second kappa shape index (κ2) is 6.22. The van der Waals surface area contributed by atoms with E-state index in [2.05, 4.69) is 4.74 Å². The Hall–Kier alpha value is -1.95. The molecule has 0 aromatic heterocycles. The molecule has 0 amide bonds. The van der Waals surface area contributed by atoms with E-state index in [1.54, 1.807) is 6.07 Å².